The summed E-state index contributed by atoms with van der Waals surface area (Å²) in [5.41, 5.74) is 5.54. The summed E-state index contributed by atoms with van der Waals surface area (Å²) in [6.45, 7) is 1.94. The molecule has 0 aliphatic rings. The molecule has 180 valence electrons. The zero-order valence-corrected chi connectivity index (χ0v) is 19.4. The normalized spacial score (nSPS) is 11.8. The van der Waals surface area contributed by atoms with Crippen molar-refractivity contribution in [2.75, 3.05) is 0 Å². The summed E-state index contributed by atoms with van der Waals surface area (Å²) in [6.07, 6.45) is 2.21. The highest BCUT2D eigenvalue weighted by Crippen LogP contribution is 2.32. The number of hydrogen-bond acceptors (Lipinski definition) is 4. The molecule has 2 heterocycles. The van der Waals surface area contributed by atoms with Gasteiger partial charge in [-0.05, 0) is 61.4 Å². The van der Waals surface area contributed by atoms with Crippen LogP contribution in [-0.2, 0) is 11.2 Å². The minimum absolute atomic E-state index is 0.0383. The highest BCUT2D eigenvalue weighted by Gasteiger charge is 2.19. The number of aliphatic carboxylic acids is 1. The Hall–Kier alpha value is -4.72. The van der Waals surface area contributed by atoms with Gasteiger partial charge in [0, 0.05) is 34.8 Å². The summed E-state index contributed by atoms with van der Waals surface area (Å²) in [6, 6.07) is 19.2. The van der Waals surface area contributed by atoms with E-state index in [1.54, 1.807) is 12.3 Å². The number of imidazole rings is 1. The van der Waals surface area contributed by atoms with Gasteiger partial charge in [-0.25, -0.2) is 14.4 Å². The van der Waals surface area contributed by atoms with E-state index in [0.29, 0.717) is 34.3 Å². The van der Waals surface area contributed by atoms with Crippen molar-refractivity contribution < 1.29 is 19.4 Å². The number of nitrogens with zero attached hydrogens (tertiary/aromatic N) is 2. The summed E-state index contributed by atoms with van der Waals surface area (Å²) >= 11 is 0. The van der Waals surface area contributed by atoms with Crippen LogP contribution in [0.2, 0.25) is 0 Å². The molecule has 0 unspecified atom stereocenters. The highest BCUT2D eigenvalue weighted by molar-refractivity contribution is 6.21. The van der Waals surface area contributed by atoms with Crippen molar-refractivity contribution in [2.24, 2.45) is 4.99 Å². The first-order chi connectivity index (χ1) is 17.4. The topological polar surface area (TPSA) is 114 Å². The molecular weight excluding hydrogens is 459 g/mol. The SMILES string of the molecule is Cc1cnc(-c2ccc(N=C(c3ccc(CCC(=O)O)cc3)c3c(O)[nH]c4cc(F)ccc34)cc2)[nH]1. The lowest BCUT2D eigenvalue weighted by molar-refractivity contribution is -0.136. The zero-order chi connectivity index (χ0) is 25.2. The van der Waals surface area contributed by atoms with Crippen molar-refractivity contribution in [2.45, 2.75) is 19.8 Å². The summed E-state index contributed by atoms with van der Waals surface area (Å²) < 4.78 is 13.8. The number of rotatable bonds is 7. The van der Waals surface area contributed by atoms with Gasteiger partial charge in [0.15, 0.2) is 5.88 Å². The number of nitrogens with one attached hydrogen (secondary N) is 2. The summed E-state index contributed by atoms with van der Waals surface area (Å²) in [5.74, 6) is -0.630. The van der Waals surface area contributed by atoms with Crippen LogP contribution >= 0.6 is 0 Å². The first-order valence-corrected chi connectivity index (χ1v) is 11.4. The predicted octanol–water partition coefficient (Wildman–Crippen LogP) is 5.90. The van der Waals surface area contributed by atoms with Crippen LogP contribution in [0, 0.1) is 12.7 Å². The highest BCUT2D eigenvalue weighted by atomic mass is 19.1. The number of carboxylic acid groups (broad SMARTS) is 1. The molecule has 36 heavy (non-hydrogen) atoms. The summed E-state index contributed by atoms with van der Waals surface area (Å²) in [5, 5.41) is 20.4. The van der Waals surface area contributed by atoms with Crippen molar-refractivity contribution in [3.05, 3.63) is 101 Å². The largest absolute Gasteiger partial charge is 0.494 e. The third-order valence-corrected chi connectivity index (χ3v) is 5.92. The van der Waals surface area contributed by atoms with Crippen molar-refractivity contribution >= 4 is 28.3 Å². The van der Waals surface area contributed by atoms with Crippen LogP contribution < -0.4 is 0 Å². The van der Waals surface area contributed by atoms with E-state index < -0.39 is 11.8 Å². The molecule has 5 aromatic rings. The van der Waals surface area contributed by atoms with Crippen LogP contribution in [0.15, 0.2) is 77.9 Å². The van der Waals surface area contributed by atoms with Gasteiger partial charge in [-0.1, -0.05) is 24.3 Å². The van der Waals surface area contributed by atoms with Crippen LogP contribution in [0.25, 0.3) is 22.3 Å². The van der Waals surface area contributed by atoms with E-state index in [0.717, 1.165) is 28.2 Å². The Balaban J connectivity index is 1.59. The molecule has 2 aromatic heterocycles. The molecule has 0 atom stereocenters. The molecular formula is C28H23FN4O3. The molecule has 0 saturated heterocycles. The maximum atomic E-state index is 13.8. The van der Waals surface area contributed by atoms with Crippen molar-refractivity contribution in [1.82, 2.24) is 15.0 Å². The Morgan fingerprint density at radius 1 is 1.03 bits per heavy atom. The molecule has 8 heteroatoms. The second-order valence-electron chi connectivity index (χ2n) is 8.55. The van der Waals surface area contributed by atoms with E-state index in [9.17, 15) is 14.3 Å². The lowest BCUT2D eigenvalue weighted by atomic mass is 9.98. The second-order valence-corrected chi connectivity index (χ2v) is 8.55. The molecule has 7 nitrogen and oxygen atoms in total. The Morgan fingerprint density at radius 2 is 1.78 bits per heavy atom. The average molecular weight is 483 g/mol. The molecule has 0 fully saturated rings. The average Bonchev–Trinajstić information content (AvgIpc) is 3.44. The van der Waals surface area contributed by atoms with Gasteiger partial charge in [0.25, 0.3) is 0 Å². The molecule has 3 aromatic carbocycles. The lowest BCUT2D eigenvalue weighted by Gasteiger charge is -2.09. The fourth-order valence-corrected chi connectivity index (χ4v) is 4.12. The van der Waals surface area contributed by atoms with Gasteiger partial charge in [-0.15, -0.1) is 0 Å². The molecule has 0 aliphatic carbocycles. The maximum Gasteiger partial charge on any atom is 0.303 e. The van der Waals surface area contributed by atoms with Gasteiger partial charge in [-0.2, -0.15) is 0 Å². The molecule has 0 radical (unpaired) electrons. The quantitative estimate of drug-likeness (QED) is 0.216. The second kappa shape index (κ2) is 9.50. The van der Waals surface area contributed by atoms with Crippen molar-refractivity contribution in [1.29, 1.82) is 0 Å². The standard InChI is InChI=1S/C28H23FN4O3/c1-16-15-30-27(31-16)19-7-10-21(11-8-19)32-26(18-5-2-17(3-6-18)4-13-24(34)35)25-22-12-9-20(29)14-23(22)33-28(25)36/h2-3,5-12,14-15,33,36H,4,13H2,1H3,(H,30,31)(H,34,35). The minimum Gasteiger partial charge on any atom is -0.494 e. The van der Waals surface area contributed by atoms with E-state index in [-0.39, 0.29) is 12.3 Å². The van der Waals surface area contributed by atoms with Crippen molar-refractivity contribution in [3.63, 3.8) is 0 Å². The smallest absolute Gasteiger partial charge is 0.303 e. The number of halogens is 1. The van der Waals surface area contributed by atoms with E-state index >= 15 is 0 Å². The lowest BCUT2D eigenvalue weighted by Crippen LogP contribution is -2.04. The number of aryl methyl sites for hydroxylation is 2. The summed E-state index contributed by atoms with van der Waals surface area (Å²) in [7, 11) is 0. The first-order valence-electron chi connectivity index (χ1n) is 11.4. The van der Waals surface area contributed by atoms with Crippen LogP contribution in [0.1, 0.15) is 28.8 Å². The number of benzene rings is 3. The number of aromatic hydroxyl groups is 1. The first kappa shape index (κ1) is 23.0. The molecule has 0 spiro atoms. The molecule has 5 rings (SSSR count). The number of aromatic nitrogens is 3. The van der Waals surface area contributed by atoms with Crippen LogP contribution in [0.5, 0.6) is 5.88 Å². The number of carboxylic acids is 1. The number of carbonyl (C=O) groups is 1. The Labute approximate surface area is 206 Å². The van der Waals surface area contributed by atoms with E-state index in [1.807, 2.05) is 55.5 Å². The minimum atomic E-state index is -0.856. The van der Waals surface area contributed by atoms with Gasteiger partial charge in [0.1, 0.15) is 11.6 Å². The zero-order valence-electron chi connectivity index (χ0n) is 19.4. The Bertz CT molecular complexity index is 1580. The molecule has 0 amide bonds. The fraction of sp³-hybridized carbons (Fsp3) is 0.107. The van der Waals surface area contributed by atoms with Crippen LogP contribution in [0.3, 0.4) is 0 Å². The Morgan fingerprint density at radius 3 is 2.44 bits per heavy atom. The molecule has 0 aliphatic heterocycles. The monoisotopic (exact) mass is 482 g/mol. The predicted molar refractivity (Wildman–Crippen MR) is 136 cm³/mol. The number of aliphatic imine (C=N–C) groups is 1. The van der Waals surface area contributed by atoms with Gasteiger partial charge in [0.2, 0.25) is 0 Å². The third kappa shape index (κ3) is 4.74. The van der Waals surface area contributed by atoms with E-state index in [4.69, 9.17) is 10.1 Å². The maximum absolute atomic E-state index is 13.8. The summed E-state index contributed by atoms with van der Waals surface area (Å²) in [4.78, 5) is 26.2. The number of aromatic amines is 2. The number of fused-ring (bicyclic) bond motifs is 1. The van der Waals surface area contributed by atoms with Crippen LogP contribution in [0.4, 0.5) is 10.1 Å². The Kier molecular flexibility index (Phi) is 6.08. The van der Waals surface area contributed by atoms with Gasteiger partial charge in [-0.3, -0.25) is 4.79 Å². The van der Waals surface area contributed by atoms with Gasteiger partial charge < -0.3 is 20.2 Å². The van der Waals surface area contributed by atoms with Crippen molar-refractivity contribution in [3.8, 4) is 17.3 Å². The van der Waals surface area contributed by atoms with E-state index in [2.05, 4.69) is 15.0 Å². The number of hydrogen-bond donors (Lipinski definition) is 4. The van der Waals surface area contributed by atoms with Gasteiger partial charge >= 0.3 is 5.97 Å². The molecule has 4 N–H and O–H groups in total. The third-order valence-electron chi connectivity index (χ3n) is 5.92. The van der Waals surface area contributed by atoms with Crippen LogP contribution in [-0.4, -0.2) is 36.8 Å². The fourth-order valence-electron chi connectivity index (χ4n) is 4.12. The molecule has 0 bridgehead atoms. The van der Waals surface area contributed by atoms with Gasteiger partial charge in [0.05, 0.1) is 22.5 Å². The molecule has 0 saturated carbocycles. The number of H-pyrrole nitrogens is 2. The van der Waals surface area contributed by atoms with E-state index in [1.165, 1.54) is 12.1 Å².